The van der Waals surface area contributed by atoms with Crippen LogP contribution in [0.15, 0.2) is 17.0 Å². The highest BCUT2D eigenvalue weighted by Crippen LogP contribution is 2.32. The van der Waals surface area contributed by atoms with E-state index in [0.29, 0.717) is 24.3 Å². The molecule has 1 unspecified atom stereocenters. The molecule has 1 aliphatic rings. The molecule has 2 rings (SSSR count). The monoisotopic (exact) mass is 369 g/mol. The maximum absolute atomic E-state index is 13.3. The van der Waals surface area contributed by atoms with E-state index in [0.717, 1.165) is 16.7 Å². The number of rotatable bonds is 3. The minimum atomic E-state index is -3.64. The molecule has 1 aliphatic heterocycles. The van der Waals surface area contributed by atoms with Crippen LogP contribution in [0.3, 0.4) is 0 Å². The number of aliphatic hydroxyl groups excluding tert-OH is 1. The molecule has 2 N–H and O–H groups in total. The number of aliphatic hydroxyl groups is 2. The lowest BCUT2D eigenvalue weighted by Crippen LogP contribution is -2.36. The second-order valence-corrected chi connectivity index (χ2v) is 10.2. The Morgan fingerprint density at radius 1 is 1.16 bits per heavy atom. The number of aryl methyl sites for hydroxylation is 1. The predicted octanol–water partition coefficient (Wildman–Crippen LogP) is 2.50. The molecule has 1 heterocycles. The van der Waals surface area contributed by atoms with Crippen molar-refractivity contribution in [3.8, 4) is 0 Å². The van der Waals surface area contributed by atoms with Gasteiger partial charge in [-0.15, -0.1) is 0 Å². The fraction of sp³-hybridized carbons (Fsp3) is 0.684. The summed E-state index contributed by atoms with van der Waals surface area (Å²) in [5.74, 6) is 0. The lowest BCUT2D eigenvalue weighted by molar-refractivity contribution is -0.0244. The zero-order valence-electron chi connectivity index (χ0n) is 16.0. The lowest BCUT2D eigenvalue weighted by Gasteiger charge is -2.26. The van der Waals surface area contributed by atoms with E-state index in [4.69, 9.17) is 0 Å². The number of sulfonamides is 1. The molecule has 0 radical (unpaired) electrons. The van der Waals surface area contributed by atoms with E-state index in [9.17, 15) is 18.6 Å². The first-order valence-corrected chi connectivity index (χ1v) is 10.3. The summed E-state index contributed by atoms with van der Waals surface area (Å²) in [4.78, 5) is 0.354. The summed E-state index contributed by atoms with van der Waals surface area (Å²) >= 11 is 0. The first-order chi connectivity index (χ1) is 11.4. The summed E-state index contributed by atoms with van der Waals surface area (Å²) in [5, 5.41) is 19.7. The largest absolute Gasteiger partial charge is 0.393 e. The Kier molecular flexibility index (Phi) is 5.69. The zero-order chi connectivity index (χ0) is 19.0. The normalized spacial score (nSPS) is 23.5. The number of hydrogen-bond donors (Lipinski definition) is 2. The Balaban J connectivity index is 2.44. The van der Waals surface area contributed by atoms with Crippen molar-refractivity contribution in [2.75, 3.05) is 19.7 Å². The van der Waals surface area contributed by atoms with E-state index >= 15 is 0 Å². The zero-order valence-corrected chi connectivity index (χ0v) is 16.8. The average molecular weight is 370 g/mol. The number of hydrogen-bond acceptors (Lipinski definition) is 4. The molecular weight excluding hydrogens is 338 g/mol. The van der Waals surface area contributed by atoms with E-state index in [2.05, 4.69) is 26.8 Å². The second kappa shape index (κ2) is 6.99. The molecule has 1 atom stereocenters. The molecule has 0 spiro atoms. The third-order valence-electron chi connectivity index (χ3n) is 5.27. The minimum absolute atomic E-state index is 0.140. The molecule has 5 nitrogen and oxygen atoms in total. The lowest BCUT2D eigenvalue weighted by atomic mass is 9.85. The van der Waals surface area contributed by atoms with Crippen LogP contribution in [0.2, 0.25) is 0 Å². The summed E-state index contributed by atoms with van der Waals surface area (Å²) in [6, 6.07) is 3.85. The maximum atomic E-state index is 13.3. The van der Waals surface area contributed by atoms with Gasteiger partial charge in [-0.1, -0.05) is 26.8 Å². The molecule has 0 amide bonds. The first-order valence-electron chi connectivity index (χ1n) is 8.86. The van der Waals surface area contributed by atoms with Crippen molar-refractivity contribution in [1.82, 2.24) is 4.31 Å². The SMILES string of the molecule is Cc1cc(C(C)(C)C)cc(S(=O)(=O)N2CCCC(O)(CO)CC2)c1C. The molecular formula is C19H31NO4S. The van der Waals surface area contributed by atoms with Crippen molar-refractivity contribution in [3.05, 3.63) is 28.8 Å². The third-order valence-corrected chi connectivity index (χ3v) is 7.30. The molecule has 1 saturated heterocycles. The molecule has 0 aliphatic carbocycles. The molecule has 25 heavy (non-hydrogen) atoms. The first kappa shape index (κ1) is 20.4. The summed E-state index contributed by atoms with van der Waals surface area (Å²) in [7, 11) is -3.64. The van der Waals surface area contributed by atoms with E-state index < -0.39 is 15.6 Å². The minimum Gasteiger partial charge on any atom is -0.393 e. The van der Waals surface area contributed by atoms with Crippen molar-refractivity contribution >= 4 is 10.0 Å². The van der Waals surface area contributed by atoms with E-state index in [-0.39, 0.29) is 25.0 Å². The molecule has 1 fully saturated rings. The Hall–Kier alpha value is -0.950. The second-order valence-electron chi connectivity index (χ2n) is 8.31. The quantitative estimate of drug-likeness (QED) is 0.858. The topological polar surface area (TPSA) is 77.8 Å². The highest BCUT2D eigenvalue weighted by atomic mass is 32.2. The van der Waals surface area contributed by atoms with Gasteiger partial charge in [-0.05, 0) is 61.3 Å². The predicted molar refractivity (Wildman–Crippen MR) is 99.3 cm³/mol. The molecule has 1 aromatic rings. The van der Waals surface area contributed by atoms with Crippen LogP contribution >= 0.6 is 0 Å². The van der Waals surface area contributed by atoms with Crippen molar-refractivity contribution in [3.63, 3.8) is 0 Å². The van der Waals surface area contributed by atoms with Gasteiger partial charge in [0, 0.05) is 13.1 Å². The van der Waals surface area contributed by atoms with Gasteiger partial charge < -0.3 is 10.2 Å². The third kappa shape index (κ3) is 4.25. The highest BCUT2D eigenvalue weighted by Gasteiger charge is 2.35. The molecule has 0 saturated carbocycles. The molecule has 142 valence electrons. The van der Waals surface area contributed by atoms with E-state index in [1.54, 1.807) is 6.07 Å². The summed E-state index contributed by atoms with van der Waals surface area (Å²) in [6.45, 7) is 10.2. The van der Waals surface area contributed by atoms with Crippen molar-refractivity contribution < 1.29 is 18.6 Å². The van der Waals surface area contributed by atoms with Gasteiger partial charge in [0.2, 0.25) is 10.0 Å². The van der Waals surface area contributed by atoms with Crippen LogP contribution in [-0.2, 0) is 15.4 Å². The fourth-order valence-electron chi connectivity index (χ4n) is 3.22. The maximum Gasteiger partial charge on any atom is 0.243 e. The van der Waals surface area contributed by atoms with Crippen LogP contribution in [-0.4, -0.2) is 48.2 Å². The molecule has 0 bridgehead atoms. The Labute approximate surface area is 151 Å². The van der Waals surface area contributed by atoms with Gasteiger partial charge in [0.1, 0.15) is 0 Å². The van der Waals surface area contributed by atoms with Gasteiger partial charge in [-0.25, -0.2) is 8.42 Å². The Morgan fingerprint density at radius 3 is 2.36 bits per heavy atom. The smallest absolute Gasteiger partial charge is 0.243 e. The molecule has 1 aromatic carbocycles. The van der Waals surface area contributed by atoms with Crippen LogP contribution in [0.25, 0.3) is 0 Å². The van der Waals surface area contributed by atoms with Gasteiger partial charge >= 0.3 is 0 Å². The van der Waals surface area contributed by atoms with Gasteiger partial charge in [0.15, 0.2) is 0 Å². The highest BCUT2D eigenvalue weighted by molar-refractivity contribution is 7.89. The van der Waals surface area contributed by atoms with E-state index in [1.165, 1.54) is 4.31 Å². The van der Waals surface area contributed by atoms with Gasteiger partial charge in [0.05, 0.1) is 17.1 Å². The summed E-state index contributed by atoms with van der Waals surface area (Å²) < 4.78 is 28.0. The van der Waals surface area contributed by atoms with Crippen molar-refractivity contribution in [2.45, 2.75) is 69.8 Å². The van der Waals surface area contributed by atoms with Crippen LogP contribution in [0.5, 0.6) is 0 Å². The van der Waals surface area contributed by atoms with Crippen LogP contribution in [0.1, 0.15) is 56.7 Å². The Bertz CT molecular complexity index is 737. The number of nitrogens with zero attached hydrogens (tertiary/aromatic N) is 1. The Morgan fingerprint density at radius 2 is 1.80 bits per heavy atom. The van der Waals surface area contributed by atoms with Crippen molar-refractivity contribution in [2.24, 2.45) is 0 Å². The average Bonchev–Trinajstić information content (AvgIpc) is 2.71. The summed E-state index contributed by atoms with van der Waals surface area (Å²) in [5.41, 5.74) is 1.42. The molecule has 0 aromatic heterocycles. The van der Waals surface area contributed by atoms with Gasteiger partial charge in [-0.2, -0.15) is 4.31 Å². The number of benzene rings is 1. The van der Waals surface area contributed by atoms with Crippen LogP contribution < -0.4 is 0 Å². The van der Waals surface area contributed by atoms with E-state index in [1.807, 2.05) is 13.8 Å². The fourth-order valence-corrected chi connectivity index (χ4v) is 5.02. The standard InChI is InChI=1S/C19H31NO4S/c1-14-11-16(18(3,4)5)12-17(15(14)2)25(23,24)20-9-6-7-19(22,13-21)8-10-20/h11-12,21-22H,6-10,13H2,1-5H3. The molecule has 6 heteroatoms. The van der Waals surface area contributed by atoms with Crippen LogP contribution in [0.4, 0.5) is 0 Å². The van der Waals surface area contributed by atoms with Crippen molar-refractivity contribution in [1.29, 1.82) is 0 Å². The summed E-state index contributed by atoms with van der Waals surface area (Å²) in [6.07, 6.45) is 1.20. The van der Waals surface area contributed by atoms with Gasteiger partial charge in [0.25, 0.3) is 0 Å². The van der Waals surface area contributed by atoms with Gasteiger partial charge in [-0.3, -0.25) is 0 Å². The van der Waals surface area contributed by atoms with Crippen LogP contribution in [0, 0.1) is 13.8 Å².